The maximum atomic E-state index is 12.0. The van der Waals surface area contributed by atoms with Crippen LogP contribution in [0, 0.1) is 0 Å². The molecule has 0 atom stereocenters. The van der Waals surface area contributed by atoms with E-state index in [9.17, 15) is 9.59 Å². The van der Waals surface area contributed by atoms with Gasteiger partial charge in [-0.2, -0.15) is 4.98 Å². The van der Waals surface area contributed by atoms with Crippen LogP contribution in [0.25, 0.3) is 0 Å². The summed E-state index contributed by atoms with van der Waals surface area (Å²) in [6, 6.07) is 6.14. The molecular formula is C14H9ClN4O4. The predicted molar refractivity (Wildman–Crippen MR) is 80.4 cm³/mol. The van der Waals surface area contributed by atoms with Gasteiger partial charge in [-0.15, -0.1) is 0 Å². The highest BCUT2D eigenvalue weighted by molar-refractivity contribution is 6.32. The Bertz CT molecular complexity index is 844. The molecule has 0 saturated carbocycles. The number of amides is 2. The molecule has 0 fully saturated rings. The van der Waals surface area contributed by atoms with Crippen molar-refractivity contribution in [1.82, 2.24) is 9.97 Å². The SMILES string of the molecule is O=C(Nc1cccnc1Cl)c1coc(NC(=O)c2ccco2)n1. The summed E-state index contributed by atoms with van der Waals surface area (Å²) >= 11 is 5.85. The summed E-state index contributed by atoms with van der Waals surface area (Å²) in [7, 11) is 0. The number of rotatable bonds is 4. The second kappa shape index (κ2) is 6.32. The number of nitrogens with one attached hydrogen (secondary N) is 2. The molecule has 0 aliphatic heterocycles. The van der Waals surface area contributed by atoms with Gasteiger partial charge in [0, 0.05) is 6.20 Å². The molecule has 23 heavy (non-hydrogen) atoms. The van der Waals surface area contributed by atoms with Crippen molar-refractivity contribution >= 4 is 35.1 Å². The third kappa shape index (κ3) is 3.38. The summed E-state index contributed by atoms with van der Waals surface area (Å²) in [5.41, 5.74) is 0.308. The van der Waals surface area contributed by atoms with Gasteiger partial charge in [0.1, 0.15) is 6.26 Å². The first-order valence-electron chi connectivity index (χ1n) is 6.36. The summed E-state index contributed by atoms with van der Waals surface area (Å²) in [5.74, 6) is -1.00. The second-order valence-corrected chi connectivity index (χ2v) is 4.62. The number of anilines is 2. The first-order chi connectivity index (χ1) is 11.1. The highest BCUT2D eigenvalue weighted by Crippen LogP contribution is 2.19. The van der Waals surface area contributed by atoms with Gasteiger partial charge < -0.3 is 14.2 Å². The molecule has 3 aromatic rings. The van der Waals surface area contributed by atoms with Crippen LogP contribution < -0.4 is 10.6 Å². The number of pyridine rings is 1. The van der Waals surface area contributed by atoms with Gasteiger partial charge in [-0.25, -0.2) is 4.98 Å². The Labute approximate surface area is 134 Å². The van der Waals surface area contributed by atoms with Crippen LogP contribution in [0.3, 0.4) is 0 Å². The molecule has 0 unspecified atom stereocenters. The summed E-state index contributed by atoms with van der Waals surface area (Å²) in [6.07, 6.45) is 3.97. The van der Waals surface area contributed by atoms with E-state index in [1.165, 1.54) is 18.5 Å². The highest BCUT2D eigenvalue weighted by atomic mass is 35.5. The highest BCUT2D eigenvalue weighted by Gasteiger charge is 2.17. The van der Waals surface area contributed by atoms with Crippen LogP contribution >= 0.6 is 11.6 Å². The number of hydrogen-bond acceptors (Lipinski definition) is 6. The summed E-state index contributed by atoms with van der Waals surface area (Å²) < 4.78 is 9.96. The van der Waals surface area contributed by atoms with E-state index < -0.39 is 11.8 Å². The number of hydrogen-bond donors (Lipinski definition) is 2. The lowest BCUT2D eigenvalue weighted by atomic mass is 10.4. The van der Waals surface area contributed by atoms with Crippen molar-refractivity contribution in [3.05, 3.63) is 59.6 Å². The van der Waals surface area contributed by atoms with Crippen LogP contribution in [0.1, 0.15) is 21.0 Å². The Morgan fingerprint density at radius 2 is 1.96 bits per heavy atom. The van der Waals surface area contributed by atoms with Gasteiger partial charge >= 0.3 is 6.01 Å². The summed E-state index contributed by atoms with van der Waals surface area (Å²) in [4.78, 5) is 31.5. The van der Waals surface area contributed by atoms with Crippen LogP contribution in [0.4, 0.5) is 11.7 Å². The Morgan fingerprint density at radius 3 is 2.70 bits per heavy atom. The number of nitrogens with zero attached hydrogens (tertiary/aromatic N) is 2. The number of aromatic nitrogens is 2. The van der Waals surface area contributed by atoms with Crippen molar-refractivity contribution in [3.8, 4) is 0 Å². The fourth-order valence-corrected chi connectivity index (χ4v) is 1.83. The molecule has 2 amide bonds. The zero-order valence-electron chi connectivity index (χ0n) is 11.4. The van der Waals surface area contributed by atoms with E-state index in [-0.39, 0.29) is 22.6 Å². The smallest absolute Gasteiger partial charge is 0.302 e. The van der Waals surface area contributed by atoms with Crippen molar-refractivity contribution in [2.24, 2.45) is 0 Å². The van der Waals surface area contributed by atoms with Gasteiger partial charge in [0.15, 0.2) is 16.6 Å². The standard InChI is InChI=1S/C14H9ClN4O4/c15-11-8(3-1-5-16-11)17-12(20)9-7-23-14(18-9)19-13(21)10-4-2-6-22-10/h1-7H,(H,17,20)(H,18,19,21). The molecule has 116 valence electrons. The minimum atomic E-state index is -0.554. The normalized spacial score (nSPS) is 10.3. The Balaban J connectivity index is 1.68. The van der Waals surface area contributed by atoms with E-state index in [1.807, 2.05) is 0 Å². The Hall–Kier alpha value is -3.13. The average molecular weight is 333 g/mol. The number of furan rings is 1. The predicted octanol–water partition coefficient (Wildman–Crippen LogP) is 2.82. The molecule has 0 bridgehead atoms. The van der Waals surface area contributed by atoms with Crippen LogP contribution in [0.2, 0.25) is 5.15 Å². The summed E-state index contributed by atoms with van der Waals surface area (Å²) in [5, 5.41) is 5.05. The molecule has 0 aliphatic rings. The van der Waals surface area contributed by atoms with Crippen LogP contribution in [-0.2, 0) is 0 Å². The van der Waals surface area contributed by atoms with Gasteiger partial charge in [0.2, 0.25) is 0 Å². The van der Waals surface area contributed by atoms with Gasteiger partial charge in [0.05, 0.1) is 12.0 Å². The molecule has 0 spiro atoms. The lowest BCUT2D eigenvalue weighted by Crippen LogP contribution is -2.14. The zero-order chi connectivity index (χ0) is 16.2. The van der Waals surface area contributed by atoms with E-state index in [0.717, 1.165) is 6.26 Å². The average Bonchev–Trinajstić information content (AvgIpc) is 3.20. The van der Waals surface area contributed by atoms with Gasteiger partial charge in [-0.1, -0.05) is 11.6 Å². The first kappa shape index (κ1) is 14.8. The number of halogens is 1. The van der Waals surface area contributed by atoms with Crippen molar-refractivity contribution in [3.63, 3.8) is 0 Å². The maximum absolute atomic E-state index is 12.0. The zero-order valence-corrected chi connectivity index (χ0v) is 12.2. The van der Waals surface area contributed by atoms with Crippen LogP contribution in [0.5, 0.6) is 0 Å². The lowest BCUT2D eigenvalue weighted by molar-refractivity contribution is 0.0990. The fraction of sp³-hybridized carbons (Fsp3) is 0. The molecule has 8 nitrogen and oxygen atoms in total. The lowest BCUT2D eigenvalue weighted by Gasteiger charge is -2.03. The molecule has 3 heterocycles. The first-order valence-corrected chi connectivity index (χ1v) is 6.73. The molecule has 0 aromatic carbocycles. The number of carbonyl (C=O) groups is 2. The van der Waals surface area contributed by atoms with Gasteiger partial charge in [-0.3, -0.25) is 14.9 Å². The molecule has 2 N–H and O–H groups in total. The van der Waals surface area contributed by atoms with Gasteiger partial charge in [0.25, 0.3) is 11.8 Å². The van der Waals surface area contributed by atoms with Crippen molar-refractivity contribution in [2.45, 2.75) is 0 Å². The molecule has 0 aliphatic carbocycles. The Kier molecular flexibility index (Phi) is 4.07. The molecule has 3 rings (SSSR count). The van der Waals surface area contributed by atoms with Crippen LogP contribution in [-0.4, -0.2) is 21.8 Å². The summed E-state index contributed by atoms with van der Waals surface area (Å²) in [6.45, 7) is 0. The van der Waals surface area contributed by atoms with E-state index in [4.69, 9.17) is 20.4 Å². The topological polar surface area (TPSA) is 110 Å². The Morgan fingerprint density at radius 1 is 1.09 bits per heavy atom. The monoisotopic (exact) mass is 332 g/mol. The molecule has 9 heteroatoms. The fourth-order valence-electron chi connectivity index (χ4n) is 1.67. The van der Waals surface area contributed by atoms with Gasteiger partial charge in [-0.05, 0) is 24.3 Å². The number of carbonyl (C=O) groups excluding carboxylic acids is 2. The third-order valence-electron chi connectivity index (χ3n) is 2.71. The van der Waals surface area contributed by atoms with Crippen molar-refractivity contribution < 1.29 is 18.4 Å². The maximum Gasteiger partial charge on any atom is 0.302 e. The molecule has 0 radical (unpaired) electrons. The minimum absolute atomic E-state index is 0.0281. The van der Waals surface area contributed by atoms with Crippen LogP contribution in [0.15, 0.2) is 51.8 Å². The second-order valence-electron chi connectivity index (χ2n) is 4.27. The molecule has 0 saturated heterocycles. The van der Waals surface area contributed by atoms with E-state index >= 15 is 0 Å². The van der Waals surface area contributed by atoms with E-state index in [2.05, 4.69) is 20.6 Å². The minimum Gasteiger partial charge on any atom is -0.459 e. The van der Waals surface area contributed by atoms with E-state index in [1.54, 1.807) is 18.2 Å². The quantitative estimate of drug-likeness (QED) is 0.711. The van der Waals surface area contributed by atoms with E-state index in [0.29, 0.717) is 5.69 Å². The van der Waals surface area contributed by atoms with Crippen molar-refractivity contribution in [1.29, 1.82) is 0 Å². The number of oxazole rings is 1. The largest absolute Gasteiger partial charge is 0.459 e. The third-order valence-corrected chi connectivity index (χ3v) is 3.01. The van der Waals surface area contributed by atoms with Crippen molar-refractivity contribution in [2.75, 3.05) is 10.6 Å². The molecule has 3 aromatic heterocycles. The molecular weight excluding hydrogens is 324 g/mol.